The van der Waals surface area contributed by atoms with Crippen LogP contribution in [0.2, 0.25) is 0 Å². The zero-order valence-corrected chi connectivity index (χ0v) is 17.6. The number of hydrogen-bond donors (Lipinski definition) is 0. The van der Waals surface area contributed by atoms with Crippen molar-refractivity contribution in [2.75, 3.05) is 43.0 Å². The molecule has 0 saturated carbocycles. The number of para-hydroxylation sites is 1. The average molecular weight is 401 g/mol. The van der Waals surface area contributed by atoms with Gasteiger partial charge in [0.1, 0.15) is 4.83 Å². The molecule has 0 aliphatic carbocycles. The van der Waals surface area contributed by atoms with Crippen molar-refractivity contribution in [3.8, 4) is 0 Å². The molecule has 0 N–H and O–H groups in total. The summed E-state index contributed by atoms with van der Waals surface area (Å²) in [6, 6.07) is 10.4. The molecule has 2 aromatic heterocycles. The Kier molecular flexibility index (Phi) is 5.06. The monoisotopic (exact) mass is 400 g/mol. The van der Waals surface area contributed by atoms with Gasteiger partial charge in [-0.1, -0.05) is 29.5 Å². The van der Waals surface area contributed by atoms with Crippen LogP contribution in [0.5, 0.6) is 0 Å². The number of rotatable bonds is 4. The minimum atomic E-state index is 0.111. The van der Waals surface area contributed by atoms with Crippen LogP contribution in [0.3, 0.4) is 0 Å². The molecule has 0 atom stereocenters. The first-order chi connectivity index (χ1) is 13.1. The van der Waals surface area contributed by atoms with Crippen molar-refractivity contribution in [2.24, 2.45) is 0 Å². The largest absolute Gasteiger partial charge is 0.373 e. The fraction of sp³-hybridized carbons (Fsp3) is 0.400. The van der Waals surface area contributed by atoms with Crippen molar-refractivity contribution in [1.82, 2.24) is 9.88 Å². The van der Waals surface area contributed by atoms with Crippen LogP contribution in [0, 0.1) is 0 Å². The number of aromatic nitrogens is 1. The molecule has 3 heterocycles. The maximum atomic E-state index is 13.2. The van der Waals surface area contributed by atoms with Crippen molar-refractivity contribution >= 4 is 48.9 Å². The molecule has 0 fully saturated rings. The zero-order chi connectivity index (χ0) is 19.0. The smallest absolute Gasteiger partial charge is 0.264 e. The Hall–Kier alpha value is -2.12. The van der Waals surface area contributed by atoms with E-state index in [-0.39, 0.29) is 5.91 Å². The van der Waals surface area contributed by atoms with Gasteiger partial charge in [-0.15, -0.1) is 11.3 Å². The van der Waals surface area contributed by atoms with E-state index in [1.807, 2.05) is 17.0 Å². The first-order valence-electron chi connectivity index (χ1n) is 9.34. The van der Waals surface area contributed by atoms with Crippen LogP contribution in [-0.4, -0.2) is 49.0 Å². The Morgan fingerprint density at radius 2 is 1.96 bits per heavy atom. The predicted molar refractivity (Wildman–Crippen MR) is 116 cm³/mol. The fourth-order valence-electron chi connectivity index (χ4n) is 3.48. The first kappa shape index (κ1) is 18.3. The van der Waals surface area contributed by atoms with Crippen LogP contribution < -0.4 is 9.80 Å². The Morgan fingerprint density at radius 1 is 1.19 bits per heavy atom. The van der Waals surface area contributed by atoms with E-state index in [2.05, 4.69) is 48.9 Å². The zero-order valence-electron chi connectivity index (χ0n) is 15.9. The van der Waals surface area contributed by atoms with Crippen LogP contribution in [0.4, 0.5) is 10.8 Å². The minimum absolute atomic E-state index is 0.111. The van der Waals surface area contributed by atoms with E-state index in [0.29, 0.717) is 6.54 Å². The molecule has 0 radical (unpaired) electrons. The highest BCUT2D eigenvalue weighted by molar-refractivity contribution is 7.29. The first-order valence-corrected chi connectivity index (χ1v) is 11.0. The van der Waals surface area contributed by atoms with E-state index in [1.54, 1.807) is 11.3 Å². The number of carbonyl (C=O) groups excluding carboxylic acids is 1. The van der Waals surface area contributed by atoms with E-state index in [4.69, 9.17) is 4.98 Å². The lowest BCUT2D eigenvalue weighted by atomic mass is 10.1. The van der Waals surface area contributed by atoms with Gasteiger partial charge in [-0.3, -0.25) is 4.79 Å². The van der Waals surface area contributed by atoms with Crippen LogP contribution in [-0.2, 0) is 6.54 Å². The summed E-state index contributed by atoms with van der Waals surface area (Å²) in [5.41, 5.74) is 2.41. The van der Waals surface area contributed by atoms with Gasteiger partial charge in [-0.2, -0.15) is 0 Å². The van der Waals surface area contributed by atoms with E-state index >= 15 is 0 Å². The molecule has 7 heteroatoms. The van der Waals surface area contributed by atoms with Gasteiger partial charge in [-0.25, -0.2) is 4.98 Å². The molecule has 0 unspecified atom stereocenters. The lowest BCUT2D eigenvalue weighted by Gasteiger charge is -2.20. The van der Waals surface area contributed by atoms with Crippen LogP contribution in [0.1, 0.15) is 29.1 Å². The Balaban J connectivity index is 1.58. The number of fused-ring (bicyclic) bond motifs is 2. The second kappa shape index (κ2) is 7.48. The topological polar surface area (TPSA) is 39.7 Å². The predicted octanol–water partition coefficient (Wildman–Crippen LogP) is 4.30. The molecule has 4 rings (SSSR count). The third kappa shape index (κ3) is 3.41. The highest BCUT2D eigenvalue weighted by atomic mass is 32.1. The molecule has 142 valence electrons. The molecule has 5 nitrogen and oxygen atoms in total. The third-order valence-electron chi connectivity index (χ3n) is 5.08. The molecule has 0 bridgehead atoms. The Bertz CT molecular complexity index is 928. The van der Waals surface area contributed by atoms with Gasteiger partial charge in [0.25, 0.3) is 5.91 Å². The average Bonchev–Trinajstić information content (AvgIpc) is 3.19. The number of anilines is 2. The maximum absolute atomic E-state index is 13.2. The minimum Gasteiger partial charge on any atom is -0.373 e. The second-order valence-corrected chi connectivity index (χ2v) is 8.77. The van der Waals surface area contributed by atoms with Gasteiger partial charge in [0.05, 0.1) is 9.58 Å². The van der Waals surface area contributed by atoms with Crippen molar-refractivity contribution in [3.05, 3.63) is 40.8 Å². The third-order valence-corrected chi connectivity index (χ3v) is 7.29. The van der Waals surface area contributed by atoms with Crippen molar-refractivity contribution in [3.63, 3.8) is 0 Å². The van der Waals surface area contributed by atoms with E-state index in [9.17, 15) is 4.79 Å². The summed E-state index contributed by atoms with van der Waals surface area (Å²) in [7, 11) is 2.09. The van der Waals surface area contributed by atoms with E-state index in [1.165, 1.54) is 22.6 Å². The summed E-state index contributed by atoms with van der Waals surface area (Å²) in [6.07, 6.45) is 0. The molecular weight excluding hydrogens is 376 g/mol. The lowest BCUT2D eigenvalue weighted by Crippen LogP contribution is -2.33. The Morgan fingerprint density at radius 3 is 2.70 bits per heavy atom. The number of amides is 1. The summed E-state index contributed by atoms with van der Waals surface area (Å²) in [5.74, 6) is 0.111. The van der Waals surface area contributed by atoms with Gasteiger partial charge < -0.3 is 14.7 Å². The van der Waals surface area contributed by atoms with E-state index < -0.39 is 0 Å². The van der Waals surface area contributed by atoms with E-state index in [0.717, 1.165) is 45.7 Å². The van der Waals surface area contributed by atoms with Gasteiger partial charge >= 0.3 is 0 Å². The number of hydrogen-bond acceptors (Lipinski definition) is 6. The van der Waals surface area contributed by atoms with Crippen LogP contribution in [0.15, 0.2) is 30.3 Å². The molecule has 1 aliphatic rings. The summed E-state index contributed by atoms with van der Waals surface area (Å²) in [6.45, 7) is 8.40. The lowest BCUT2D eigenvalue weighted by molar-refractivity contribution is 0.0756. The summed E-state index contributed by atoms with van der Waals surface area (Å²) < 4.78 is 1.11. The van der Waals surface area contributed by atoms with Gasteiger partial charge in [0.15, 0.2) is 5.13 Å². The highest BCUT2D eigenvalue weighted by Crippen LogP contribution is 2.35. The Labute approximate surface area is 167 Å². The molecule has 27 heavy (non-hydrogen) atoms. The van der Waals surface area contributed by atoms with Gasteiger partial charge in [0, 0.05) is 45.5 Å². The molecule has 1 aromatic carbocycles. The standard InChI is InChI=1S/C20H24N4OS2/c1-4-23(5-2)20-21-18-16(27-20)12-17(26-18)19(25)24-11-10-22(3)15-9-7-6-8-14(15)13-24/h6-9,12H,4-5,10-11,13H2,1-3H3. The van der Waals surface area contributed by atoms with Gasteiger partial charge in [-0.05, 0) is 31.5 Å². The van der Waals surface area contributed by atoms with Crippen molar-refractivity contribution in [2.45, 2.75) is 20.4 Å². The van der Waals surface area contributed by atoms with Crippen molar-refractivity contribution in [1.29, 1.82) is 0 Å². The maximum Gasteiger partial charge on any atom is 0.264 e. The highest BCUT2D eigenvalue weighted by Gasteiger charge is 2.24. The van der Waals surface area contributed by atoms with Crippen LogP contribution >= 0.6 is 22.7 Å². The quantitative estimate of drug-likeness (QED) is 0.655. The SMILES string of the molecule is CCN(CC)c1nc2sc(C(=O)N3CCN(C)c4ccccc4C3)cc2s1. The second-order valence-electron chi connectivity index (χ2n) is 6.73. The molecule has 0 saturated heterocycles. The summed E-state index contributed by atoms with van der Waals surface area (Å²) >= 11 is 3.19. The molecule has 1 aliphatic heterocycles. The normalized spacial score (nSPS) is 14.3. The molecule has 1 amide bonds. The van der Waals surface area contributed by atoms with Gasteiger partial charge in [0.2, 0.25) is 0 Å². The number of thiophene rings is 1. The number of carbonyl (C=O) groups is 1. The fourth-order valence-corrected chi connectivity index (χ4v) is 5.79. The molecule has 0 spiro atoms. The summed E-state index contributed by atoms with van der Waals surface area (Å²) in [5, 5.41) is 1.05. The summed E-state index contributed by atoms with van der Waals surface area (Å²) in [4.78, 5) is 26.1. The van der Waals surface area contributed by atoms with Crippen molar-refractivity contribution < 1.29 is 4.79 Å². The number of nitrogens with zero attached hydrogens (tertiary/aromatic N) is 4. The number of likely N-dealkylation sites (N-methyl/N-ethyl adjacent to an activating group) is 1. The number of benzene rings is 1. The molecular formula is C20H24N4OS2. The number of thiazole rings is 1. The molecule has 3 aromatic rings. The van der Waals surface area contributed by atoms with Crippen LogP contribution in [0.25, 0.3) is 9.53 Å².